The molecule has 0 atom stereocenters. The number of carbonyl (C=O) groups is 1. The van der Waals surface area contributed by atoms with Crippen molar-refractivity contribution in [2.24, 2.45) is 0 Å². The Labute approximate surface area is 52.6 Å². The Bertz CT molecular complexity index is 46.8. The van der Waals surface area contributed by atoms with Gasteiger partial charge in [-0.2, -0.15) is 0 Å². The van der Waals surface area contributed by atoms with Gasteiger partial charge in [-0.1, -0.05) is 0 Å². The molecule has 32 valence electrons. The molecule has 0 amide bonds. The maximum Gasteiger partial charge on any atom is 0.288 e. The van der Waals surface area contributed by atoms with Gasteiger partial charge < -0.3 is 4.43 Å². The summed E-state index contributed by atoms with van der Waals surface area (Å²) in [5.41, 5.74) is 0. The van der Waals surface area contributed by atoms with Gasteiger partial charge in [-0.15, -0.1) is 0 Å². The molecule has 0 aliphatic rings. The quantitative estimate of drug-likeness (QED) is 0.412. The average molecular weight is 156 g/mol. The van der Waals surface area contributed by atoms with Crippen molar-refractivity contribution in [1.29, 1.82) is 0 Å². The summed E-state index contributed by atoms with van der Waals surface area (Å²) in [5, 5.41) is 0. The van der Waals surface area contributed by atoms with E-state index in [1.165, 1.54) is 6.92 Å². The fourth-order valence-electron chi connectivity index (χ4n) is 0. The van der Waals surface area contributed by atoms with Gasteiger partial charge in [0.2, 0.25) is 10.5 Å². The van der Waals surface area contributed by atoms with Crippen molar-refractivity contribution in [3.05, 3.63) is 0 Å². The van der Waals surface area contributed by atoms with Crippen LogP contribution in [-0.4, -0.2) is 16.5 Å². The molecule has 0 aromatic heterocycles. The first-order valence-electron chi connectivity index (χ1n) is 1.32. The fraction of sp³-hybridized carbons (Fsp3) is 0.500. The summed E-state index contributed by atoms with van der Waals surface area (Å²) < 4.78 is 4.25. The minimum atomic E-state index is -0.184. The van der Waals surface area contributed by atoms with Crippen LogP contribution >= 0.6 is 0 Å². The van der Waals surface area contributed by atoms with Crippen LogP contribution in [0.2, 0.25) is 0 Å². The molecule has 0 aromatic carbocycles. The molecule has 0 aromatic rings. The SMILES string of the molecule is CC(=O)O[SiH3].[Zn]. The number of rotatable bonds is 0. The molecule has 0 bridgehead atoms. The zero-order valence-corrected chi connectivity index (χ0v) is 8.99. The Morgan fingerprint density at radius 1 is 1.83 bits per heavy atom. The molecule has 0 unspecified atom stereocenters. The van der Waals surface area contributed by atoms with Crippen LogP contribution in [0.4, 0.5) is 0 Å². The first-order chi connectivity index (χ1) is 2.27. The van der Waals surface area contributed by atoms with E-state index in [1.807, 2.05) is 0 Å². The van der Waals surface area contributed by atoms with Crippen molar-refractivity contribution in [3.8, 4) is 0 Å². The molecule has 0 aliphatic heterocycles. The van der Waals surface area contributed by atoms with Gasteiger partial charge in [-0.05, 0) is 0 Å². The summed E-state index contributed by atoms with van der Waals surface area (Å²) in [7, 11) is 0.524. The monoisotopic (exact) mass is 154 g/mol. The third-order valence-electron chi connectivity index (χ3n) is 0.287. The van der Waals surface area contributed by atoms with Gasteiger partial charge in [0.05, 0.1) is 0 Å². The smallest absolute Gasteiger partial charge is 0.288 e. The Morgan fingerprint density at radius 3 is 2.00 bits per heavy atom. The second-order valence-corrected chi connectivity index (χ2v) is 1.10. The molecule has 0 saturated carbocycles. The predicted octanol–water partition coefficient (Wildman–Crippen LogP) is -1.17. The normalized spacial score (nSPS) is 6.17. The topological polar surface area (TPSA) is 26.3 Å². The van der Waals surface area contributed by atoms with E-state index in [2.05, 4.69) is 4.43 Å². The third kappa shape index (κ3) is 8.85. The van der Waals surface area contributed by atoms with Crippen LogP contribution in [0.25, 0.3) is 0 Å². The predicted molar refractivity (Wildman–Crippen MR) is 21.7 cm³/mol. The number of hydrogen-bond acceptors (Lipinski definition) is 2. The molecule has 2 nitrogen and oxygen atoms in total. The van der Waals surface area contributed by atoms with E-state index in [0.29, 0.717) is 10.5 Å². The Kier molecular flexibility index (Phi) is 8.48. The fourth-order valence-corrected chi connectivity index (χ4v) is 0. The number of carbonyl (C=O) groups excluding carboxylic acids is 1. The Morgan fingerprint density at radius 2 is 2.00 bits per heavy atom. The molecule has 0 rings (SSSR count). The van der Waals surface area contributed by atoms with Crippen molar-refractivity contribution in [2.75, 3.05) is 0 Å². The summed E-state index contributed by atoms with van der Waals surface area (Å²) in [5.74, 6) is -0.184. The van der Waals surface area contributed by atoms with E-state index >= 15 is 0 Å². The molecule has 0 fully saturated rings. The van der Waals surface area contributed by atoms with Crippen molar-refractivity contribution in [1.82, 2.24) is 0 Å². The van der Waals surface area contributed by atoms with Crippen molar-refractivity contribution >= 4 is 16.5 Å². The van der Waals surface area contributed by atoms with E-state index in [4.69, 9.17) is 0 Å². The van der Waals surface area contributed by atoms with Crippen LogP contribution in [-0.2, 0) is 28.7 Å². The molecular weight excluding hydrogens is 149 g/mol. The van der Waals surface area contributed by atoms with Crippen LogP contribution in [0.5, 0.6) is 0 Å². The van der Waals surface area contributed by atoms with Gasteiger partial charge in [-0.3, -0.25) is 4.79 Å². The largest absolute Gasteiger partial charge is 0.529 e. The minimum Gasteiger partial charge on any atom is -0.529 e. The van der Waals surface area contributed by atoms with E-state index < -0.39 is 0 Å². The van der Waals surface area contributed by atoms with E-state index in [1.54, 1.807) is 0 Å². The summed E-state index contributed by atoms with van der Waals surface area (Å²) in [6.45, 7) is 1.40. The molecule has 0 aliphatic carbocycles. The van der Waals surface area contributed by atoms with E-state index in [-0.39, 0.29) is 25.4 Å². The first-order valence-corrected chi connectivity index (χ1v) is 2.13. The summed E-state index contributed by atoms with van der Waals surface area (Å²) in [4.78, 5) is 9.62. The second-order valence-electron chi connectivity index (χ2n) is 0.696. The van der Waals surface area contributed by atoms with Crippen molar-refractivity contribution in [2.45, 2.75) is 6.92 Å². The van der Waals surface area contributed by atoms with Gasteiger partial charge in [0.1, 0.15) is 0 Å². The van der Waals surface area contributed by atoms with E-state index in [9.17, 15) is 4.79 Å². The maximum atomic E-state index is 9.62. The van der Waals surface area contributed by atoms with Crippen LogP contribution in [0, 0.1) is 0 Å². The standard InChI is InChI=1S/C2H6O2Si.Zn/c1-2(3)4-5;/h1,5H3;. The summed E-state index contributed by atoms with van der Waals surface area (Å²) in [6.07, 6.45) is 0. The average Bonchev–Trinajstić information content (AvgIpc) is 1.38. The van der Waals surface area contributed by atoms with Gasteiger partial charge in [0.15, 0.2) is 0 Å². The third-order valence-corrected chi connectivity index (χ3v) is 0.862. The second kappa shape index (κ2) is 5.31. The minimum absolute atomic E-state index is 0. The van der Waals surface area contributed by atoms with Gasteiger partial charge >= 0.3 is 0 Å². The number of hydrogen-bond donors (Lipinski definition) is 0. The van der Waals surface area contributed by atoms with Crippen LogP contribution in [0.15, 0.2) is 0 Å². The van der Waals surface area contributed by atoms with E-state index in [0.717, 1.165) is 0 Å². The molecule has 4 heteroatoms. The molecule has 0 radical (unpaired) electrons. The molecule has 6 heavy (non-hydrogen) atoms. The zero-order valence-electron chi connectivity index (χ0n) is 4.02. The van der Waals surface area contributed by atoms with Crippen molar-refractivity contribution in [3.63, 3.8) is 0 Å². The van der Waals surface area contributed by atoms with Crippen LogP contribution in [0.1, 0.15) is 6.92 Å². The van der Waals surface area contributed by atoms with Crippen molar-refractivity contribution < 1.29 is 28.7 Å². The van der Waals surface area contributed by atoms with Gasteiger partial charge in [0, 0.05) is 26.4 Å². The Hall–Kier alpha value is 0.310. The summed E-state index contributed by atoms with van der Waals surface area (Å²) in [6, 6.07) is 0. The molecule has 0 N–H and O–H groups in total. The zero-order chi connectivity index (χ0) is 4.28. The first kappa shape index (κ1) is 9.58. The van der Waals surface area contributed by atoms with Crippen LogP contribution in [0.3, 0.4) is 0 Å². The van der Waals surface area contributed by atoms with Gasteiger partial charge in [0.25, 0.3) is 5.97 Å². The van der Waals surface area contributed by atoms with Crippen LogP contribution < -0.4 is 0 Å². The molecule has 0 heterocycles. The maximum absolute atomic E-state index is 9.62. The molecule has 0 spiro atoms. The Balaban J connectivity index is 0. The molecular formula is C2H6O2SiZn. The summed E-state index contributed by atoms with van der Waals surface area (Å²) >= 11 is 0. The molecule has 0 saturated heterocycles. The van der Waals surface area contributed by atoms with Gasteiger partial charge in [-0.25, -0.2) is 0 Å².